The number of amides is 1. The van der Waals surface area contributed by atoms with Gasteiger partial charge in [-0.3, -0.25) is 4.79 Å². The number of rotatable bonds is 7. The minimum Gasteiger partial charge on any atom is -0.342 e. The van der Waals surface area contributed by atoms with Gasteiger partial charge in [0, 0.05) is 36.6 Å². The number of benzene rings is 2. The fourth-order valence-corrected chi connectivity index (χ4v) is 4.59. The van der Waals surface area contributed by atoms with Crippen molar-refractivity contribution in [2.75, 3.05) is 18.8 Å². The SMILES string of the molecule is O=C(CCSc1ccccc1)N1CCC[C@@H](Cc2nc(-c3ccccc3F)no2)C1. The number of aromatic nitrogens is 2. The molecule has 5 nitrogen and oxygen atoms in total. The first-order valence-corrected chi connectivity index (χ1v) is 11.2. The molecule has 1 aliphatic rings. The van der Waals surface area contributed by atoms with Crippen molar-refractivity contribution in [3.8, 4) is 11.4 Å². The van der Waals surface area contributed by atoms with Gasteiger partial charge in [0.1, 0.15) is 5.82 Å². The highest BCUT2D eigenvalue weighted by molar-refractivity contribution is 7.99. The van der Waals surface area contributed by atoms with Gasteiger partial charge in [-0.05, 0) is 43.0 Å². The zero-order valence-corrected chi connectivity index (χ0v) is 17.5. The number of carbonyl (C=O) groups is 1. The molecule has 2 aromatic carbocycles. The predicted octanol–water partition coefficient (Wildman–Crippen LogP) is 4.84. The van der Waals surface area contributed by atoms with Crippen molar-refractivity contribution < 1.29 is 13.7 Å². The quantitative estimate of drug-likeness (QED) is 0.507. The third-order valence-electron chi connectivity index (χ3n) is 5.25. The highest BCUT2D eigenvalue weighted by Crippen LogP contribution is 2.24. The Morgan fingerprint density at radius 1 is 1.17 bits per heavy atom. The van der Waals surface area contributed by atoms with Crippen LogP contribution in [0, 0.1) is 11.7 Å². The fraction of sp³-hybridized carbons (Fsp3) is 0.348. The smallest absolute Gasteiger partial charge is 0.227 e. The van der Waals surface area contributed by atoms with Gasteiger partial charge in [0.05, 0.1) is 5.56 Å². The van der Waals surface area contributed by atoms with Gasteiger partial charge in [-0.2, -0.15) is 4.98 Å². The Labute approximate surface area is 179 Å². The molecule has 0 saturated carbocycles. The van der Waals surface area contributed by atoms with E-state index in [9.17, 15) is 9.18 Å². The second kappa shape index (κ2) is 9.89. The van der Waals surface area contributed by atoms with Crippen molar-refractivity contribution in [3.63, 3.8) is 0 Å². The summed E-state index contributed by atoms with van der Waals surface area (Å²) >= 11 is 1.71. The molecule has 1 amide bonds. The van der Waals surface area contributed by atoms with Gasteiger partial charge in [-0.25, -0.2) is 4.39 Å². The highest BCUT2D eigenvalue weighted by Gasteiger charge is 2.25. The first kappa shape index (κ1) is 20.6. The molecule has 0 radical (unpaired) electrons. The number of thioether (sulfide) groups is 1. The molecule has 0 aliphatic carbocycles. The summed E-state index contributed by atoms with van der Waals surface area (Å²) < 4.78 is 19.3. The zero-order chi connectivity index (χ0) is 20.8. The second-order valence-corrected chi connectivity index (χ2v) is 8.62. The van der Waals surface area contributed by atoms with E-state index in [2.05, 4.69) is 22.3 Å². The van der Waals surface area contributed by atoms with Gasteiger partial charge < -0.3 is 9.42 Å². The minimum atomic E-state index is -0.368. The molecule has 1 saturated heterocycles. The lowest BCUT2D eigenvalue weighted by atomic mass is 9.94. The van der Waals surface area contributed by atoms with Crippen LogP contribution in [0.2, 0.25) is 0 Å². The van der Waals surface area contributed by atoms with E-state index in [1.165, 1.54) is 11.0 Å². The van der Waals surface area contributed by atoms with Crippen LogP contribution in [0.25, 0.3) is 11.4 Å². The lowest BCUT2D eigenvalue weighted by Crippen LogP contribution is -2.40. The molecule has 2 heterocycles. The van der Waals surface area contributed by atoms with E-state index >= 15 is 0 Å². The molecular formula is C23H24FN3O2S. The molecule has 1 atom stereocenters. The van der Waals surface area contributed by atoms with E-state index in [-0.39, 0.29) is 23.5 Å². The van der Waals surface area contributed by atoms with Crippen molar-refractivity contribution >= 4 is 17.7 Å². The van der Waals surface area contributed by atoms with Crippen LogP contribution in [-0.4, -0.2) is 39.8 Å². The summed E-state index contributed by atoms with van der Waals surface area (Å²) in [5.41, 5.74) is 0.337. The van der Waals surface area contributed by atoms with Crippen molar-refractivity contribution in [1.82, 2.24) is 15.0 Å². The number of hydrogen-bond acceptors (Lipinski definition) is 5. The molecular weight excluding hydrogens is 401 g/mol. The average molecular weight is 426 g/mol. The number of carbonyl (C=O) groups excluding carboxylic acids is 1. The van der Waals surface area contributed by atoms with Gasteiger partial charge >= 0.3 is 0 Å². The van der Waals surface area contributed by atoms with Crippen molar-refractivity contribution in [2.45, 2.75) is 30.6 Å². The first-order chi connectivity index (χ1) is 14.7. The Balaban J connectivity index is 1.29. The van der Waals surface area contributed by atoms with Crippen LogP contribution in [0.4, 0.5) is 4.39 Å². The Bertz CT molecular complexity index is 979. The maximum atomic E-state index is 13.9. The summed E-state index contributed by atoms with van der Waals surface area (Å²) in [6, 6.07) is 16.5. The van der Waals surface area contributed by atoms with E-state index in [0.29, 0.717) is 30.8 Å². The standard InChI is InChI=1S/C23H24FN3O2S/c24-20-11-5-4-10-19(20)23-25-21(29-26-23)15-17-7-6-13-27(16-17)22(28)12-14-30-18-8-2-1-3-9-18/h1-5,8-11,17H,6-7,12-16H2/t17-/m0/s1. The normalized spacial score (nSPS) is 16.6. The van der Waals surface area contributed by atoms with Crippen LogP contribution in [0.3, 0.4) is 0 Å². The lowest BCUT2D eigenvalue weighted by Gasteiger charge is -2.32. The van der Waals surface area contributed by atoms with Crippen LogP contribution < -0.4 is 0 Å². The van der Waals surface area contributed by atoms with Gasteiger partial charge in [0.25, 0.3) is 0 Å². The number of nitrogens with zero attached hydrogens (tertiary/aromatic N) is 3. The molecule has 1 fully saturated rings. The number of piperidine rings is 1. The maximum absolute atomic E-state index is 13.9. The Morgan fingerprint density at radius 3 is 2.80 bits per heavy atom. The minimum absolute atomic E-state index is 0.195. The third kappa shape index (κ3) is 5.27. The lowest BCUT2D eigenvalue weighted by molar-refractivity contribution is -0.132. The van der Waals surface area contributed by atoms with E-state index in [1.807, 2.05) is 23.1 Å². The van der Waals surface area contributed by atoms with Gasteiger partial charge in [0.15, 0.2) is 0 Å². The predicted molar refractivity (Wildman–Crippen MR) is 114 cm³/mol. The topological polar surface area (TPSA) is 59.2 Å². The average Bonchev–Trinajstić information content (AvgIpc) is 3.23. The van der Waals surface area contributed by atoms with Crippen molar-refractivity contribution in [2.24, 2.45) is 5.92 Å². The highest BCUT2D eigenvalue weighted by atomic mass is 32.2. The fourth-order valence-electron chi connectivity index (χ4n) is 3.73. The van der Waals surface area contributed by atoms with Crippen LogP contribution >= 0.6 is 11.8 Å². The molecule has 0 unspecified atom stereocenters. The summed E-state index contributed by atoms with van der Waals surface area (Å²) in [6.07, 6.45) is 3.12. The molecule has 156 valence electrons. The zero-order valence-electron chi connectivity index (χ0n) is 16.7. The molecule has 1 aromatic heterocycles. The number of likely N-dealkylation sites (tertiary alicyclic amines) is 1. The van der Waals surface area contributed by atoms with Crippen molar-refractivity contribution in [3.05, 3.63) is 66.3 Å². The molecule has 30 heavy (non-hydrogen) atoms. The summed E-state index contributed by atoms with van der Waals surface area (Å²) in [7, 11) is 0. The molecule has 0 spiro atoms. The van der Waals surface area contributed by atoms with Gasteiger partial charge in [0.2, 0.25) is 17.6 Å². The first-order valence-electron chi connectivity index (χ1n) is 10.2. The van der Waals surface area contributed by atoms with E-state index in [4.69, 9.17) is 4.52 Å². The Hall–Kier alpha value is -2.67. The summed E-state index contributed by atoms with van der Waals surface area (Å²) in [5, 5.41) is 3.93. The molecule has 3 aromatic rings. The molecule has 0 N–H and O–H groups in total. The summed E-state index contributed by atoms with van der Waals surface area (Å²) in [5.74, 6) is 1.64. The molecule has 1 aliphatic heterocycles. The van der Waals surface area contributed by atoms with E-state index < -0.39 is 0 Å². The van der Waals surface area contributed by atoms with Crippen LogP contribution in [0.1, 0.15) is 25.2 Å². The molecule has 7 heteroatoms. The Morgan fingerprint density at radius 2 is 1.97 bits per heavy atom. The third-order valence-corrected chi connectivity index (χ3v) is 6.26. The van der Waals surface area contributed by atoms with Crippen LogP contribution in [0.5, 0.6) is 0 Å². The van der Waals surface area contributed by atoms with Crippen molar-refractivity contribution in [1.29, 1.82) is 0 Å². The Kier molecular flexibility index (Phi) is 6.79. The van der Waals surface area contributed by atoms with E-state index in [0.717, 1.165) is 25.1 Å². The summed E-state index contributed by atoms with van der Waals surface area (Å²) in [4.78, 5) is 20.1. The molecule has 4 rings (SSSR count). The second-order valence-electron chi connectivity index (χ2n) is 7.46. The molecule has 0 bridgehead atoms. The van der Waals surface area contributed by atoms with Gasteiger partial charge in [-0.15, -0.1) is 11.8 Å². The largest absolute Gasteiger partial charge is 0.342 e. The summed E-state index contributed by atoms with van der Waals surface area (Å²) in [6.45, 7) is 1.50. The van der Waals surface area contributed by atoms with Gasteiger partial charge in [-0.1, -0.05) is 35.5 Å². The number of halogens is 1. The van der Waals surface area contributed by atoms with Crippen LogP contribution in [0.15, 0.2) is 64.0 Å². The van der Waals surface area contributed by atoms with E-state index in [1.54, 1.807) is 30.0 Å². The maximum Gasteiger partial charge on any atom is 0.227 e. The number of hydrogen-bond donors (Lipinski definition) is 0. The monoisotopic (exact) mass is 425 g/mol. The van der Waals surface area contributed by atoms with Crippen LogP contribution in [-0.2, 0) is 11.2 Å².